The lowest BCUT2D eigenvalue weighted by atomic mass is 9.32. The summed E-state index contributed by atoms with van der Waals surface area (Å²) in [6, 6.07) is 0.312. The van der Waals surface area contributed by atoms with Gasteiger partial charge in [0.1, 0.15) is 0 Å². The predicted octanol–water partition coefficient (Wildman–Crippen LogP) is 9.68. The number of allylic oxidation sites excluding steroid dienone is 1. The quantitative estimate of drug-likeness (QED) is 0.138. The first-order valence-electron chi connectivity index (χ1n) is 19.6. The van der Waals surface area contributed by atoms with Gasteiger partial charge in [0.05, 0.1) is 5.41 Å². The molecule has 0 aliphatic heterocycles. The van der Waals surface area contributed by atoms with Crippen LogP contribution in [0.2, 0.25) is 0 Å². The number of fused-ring (bicyclic) bond motifs is 7. The molecule has 5 rings (SSSR count). The zero-order valence-corrected chi connectivity index (χ0v) is 30.7. The summed E-state index contributed by atoms with van der Waals surface area (Å²) >= 11 is 0. The lowest BCUT2D eigenvalue weighted by molar-refractivity contribution is -0.237. The van der Waals surface area contributed by atoms with E-state index < -0.39 is 5.97 Å². The Kier molecular flexibility index (Phi) is 10.6. The minimum atomic E-state index is -0.685. The molecule has 0 spiro atoms. The van der Waals surface area contributed by atoms with Crippen LogP contribution in [0.3, 0.4) is 0 Å². The Hall–Kier alpha value is -1.36. The van der Waals surface area contributed by atoms with Gasteiger partial charge in [0.15, 0.2) is 0 Å². The Labute approximate surface area is 282 Å². The molecule has 5 nitrogen and oxygen atoms in total. The van der Waals surface area contributed by atoms with Crippen molar-refractivity contribution in [1.82, 2.24) is 5.32 Å². The third-order valence-corrected chi connectivity index (χ3v) is 16.2. The zero-order valence-electron chi connectivity index (χ0n) is 30.7. The number of nitrogens with two attached hydrogens (primary N) is 1. The van der Waals surface area contributed by atoms with Gasteiger partial charge in [-0.2, -0.15) is 0 Å². The number of hydrogen-bond acceptors (Lipinski definition) is 3. The molecule has 5 fully saturated rings. The van der Waals surface area contributed by atoms with Crippen LogP contribution in [0, 0.1) is 56.7 Å². The Balaban J connectivity index is 1.24. The minimum Gasteiger partial charge on any atom is -0.481 e. The van der Waals surface area contributed by atoms with Gasteiger partial charge in [0.2, 0.25) is 5.91 Å². The third-order valence-electron chi connectivity index (χ3n) is 16.2. The molecule has 0 aromatic carbocycles. The molecular weight excluding hydrogens is 568 g/mol. The summed E-state index contributed by atoms with van der Waals surface area (Å²) in [5.41, 5.74) is 8.98. The fraction of sp³-hybridized carbons (Fsp3) is 0.902. The van der Waals surface area contributed by atoms with E-state index in [2.05, 4.69) is 53.4 Å². The average Bonchev–Trinajstić information content (AvgIpc) is 3.39. The minimum absolute atomic E-state index is 0.200. The van der Waals surface area contributed by atoms with Crippen LogP contribution in [0.1, 0.15) is 164 Å². The van der Waals surface area contributed by atoms with Crippen LogP contribution in [0.5, 0.6) is 0 Å². The molecular formula is C41H70N2O3. The molecule has 262 valence electrons. The number of amides is 1. The van der Waals surface area contributed by atoms with Gasteiger partial charge in [0.25, 0.3) is 0 Å². The van der Waals surface area contributed by atoms with Crippen molar-refractivity contribution >= 4 is 11.9 Å². The van der Waals surface area contributed by atoms with Crippen molar-refractivity contribution in [3.05, 3.63) is 12.2 Å². The van der Waals surface area contributed by atoms with E-state index in [1.807, 2.05) is 0 Å². The van der Waals surface area contributed by atoms with Crippen LogP contribution in [-0.2, 0) is 9.59 Å². The molecule has 5 saturated carbocycles. The van der Waals surface area contributed by atoms with Gasteiger partial charge in [-0.25, -0.2) is 0 Å². The summed E-state index contributed by atoms with van der Waals surface area (Å²) < 4.78 is 0. The summed E-state index contributed by atoms with van der Waals surface area (Å²) in [7, 11) is 0. The van der Waals surface area contributed by atoms with Gasteiger partial charge in [-0.1, -0.05) is 85.3 Å². The second-order valence-corrected chi connectivity index (χ2v) is 18.5. The number of hydrogen-bond donors (Lipinski definition) is 3. The zero-order chi connectivity index (χ0) is 33.5. The molecule has 0 bridgehead atoms. The fourth-order valence-electron chi connectivity index (χ4n) is 13.4. The van der Waals surface area contributed by atoms with E-state index in [9.17, 15) is 9.59 Å². The highest BCUT2D eigenvalue weighted by molar-refractivity contribution is 5.83. The lowest BCUT2D eigenvalue weighted by Crippen LogP contribution is -2.68. The Morgan fingerprint density at radius 1 is 0.761 bits per heavy atom. The normalized spacial score (nSPS) is 42.7. The van der Waals surface area contributed by atoms with Crippen LogP contribution in [0.15, 0.2) is 12.2 Å². The van der Waals surface area contributed by atoms with Gasteiger partial charge in [0, 0.05) is 19.0 Å². The topological polar surface area (TPSA) is 92.4 Å². The summed E-state index contributed by atoms with van der Waals surface area (Å²) in [6.45, 7) is 20.5. The Bertz CT molecular complexity index is 1130. The fourth-order valence-corrected chi connectivity index (χ4v) is 13.4. The largest absolute Gasteiger partial charge is 0.481 e. The van der Waals surface area contributed by atoms with Gasteiger partial charge in [-0.15, -0.1) is 0 Å². The first-order chi connectivity index (χ1) is 21.6. The SMILES string of the molecule is C=C(C)[C@@H]1CC[C@]2(C(=O)NCCCCCCCCCCC(=O)O)CC[C@]3(C)[C@H](CC[C@@H]4[C@@]5(C)CC[C@H](N)C(C)(C)[C@@H]5CC[C@]43C)[C@@H]12. The molecule has 0 saturated heterocycles. The highest BCUT2D eigenvalue weighted by atomic mass is 16.4. The molecule has 0 aromatic heterocycles. The maximum atomic E-state index is 14.3. The van der Waals surface area contributed by atoms with Gasteiger partial charge < -0.3 is 16.2 Å². The maximum Gasteiger partial charge on any atom is 0.303 e. The Morgan fingerprint density at radius 2 is 1.41 bits per heavy atom. The first-order valence-corrected chi connectivity index (χ1v) is 19.6. The van der Waals surface area contributed by atoms with E-state index in [0.717, 1.165) is 70.3 Å². The van der Waals surface area contributed by atoms with Crippen LogP contribution in [0.4, 0.5) is 0 Å². The van der Waals surface area contributed by atoms with Crippen molar-refractivity contribution in [3.8, 4) is 0 Å². The van der Waals surface area contributed by atoms with Crippen molar-refractivity contribution in [2.75, 3.05) is 6.54 Å². The van der Waals surface area contributed by atoms with Crippen LogP contribution < -0.4 is 11.1 Å². The molecule has 0 heterocycles. The van der Waals surface area contributed by atoms with Crippen molar-refractivity contribution < 1.29 is 14.7 Å². The summed E-state index contributed by atoms with van der Waals surface area (Å²) in [5.74, 6) is 2.58. The molecule has 5 aliphatic carbocycles. The van der Waals surface area contributed by atoms with Crippen molar-refractivity contribution in [3.63, 3.8) is 0 Å². The van der Waals surface area contributed by atoms with Gasteiger partial charge >= 0.3 is 5.97 Å². The molecule has 4 N–H and O–H groups in total. The number of carboxylic acid groups (broad SMARTS) is 1. The standard InChI is InChI=1S/C41H70N2O3/c1-28(2)29-19-24-41(36(46)43-27-15-13-11-9-8-10-12-14-16-34(44)45)26-25-39(6)30(35(29)41)17-18-32-38(5)22-21-33(42)37(3,4)31(38)20-23-40(32,39)7/h29-33,35H,1,8-27,42H2,2-7H3,(H,43,46)(H,44,45)/t29-,30+,31-,32+,33-,35+,38-,39+,40+,41-/m0/s1. The van der Waals surface area contributed by atoms with Crippen LogP contribution in [0.25, 0.3) is 0 Å². The van der Waals surface area contributed by atoms with E-state index in [1.54, 1.807) is 0 Å². The maximum absolute atomic E-state index is 14.3. The third kappa shape index (κ3) is 5.93. The average molecular weight is 639 g/mol. The molecule has 46 heavy (non-hydrogen) atoms. The van der Waals surface area contributed by atoms with E-state index in [4.69, 9.17) is 10.8 Å². The summed E-state index contributed by atoms with van der Waals surface area (Å²) in [5, 5.41) is 12.3. The van der Waals surface area contributed by atoms with Crippen LogP contribution >= 0.6 is 0 Å². The number of carbonyl (C=O) groups is 2. The molecule has 5 heteroatoms. The van der Waals surface area contributed by atoms with Crippen molar-refractivity contribution in [2.24, 2.45) is 62.4 Å². The van der Waals surface area contributed by atoms with Crippen LogP contribution in [-0.4, -0.2) is 29.6 Å². The van der Waals surface area contributed by atoms with Gasteiger partial charge in [-0.3, -0.25) is 9.59 Å². The molecule has 0 unspecified atom stereocenters. The molecule has 0 aromatic rings. The molecule has 0 radical (unpaired) electrons. The predicted molar refractivity (Wildman–Crippen MR) is 189 cm³/mol. The number of nitrogens with one attached hydrogen (secondary N) is 1. The molecule has 1 amide bonds. The lowest BCUT2D eigenvalue weighted by Gasteiger charge is -2.73. The molecule has 5 aliphatic rings. The number of rotatable bonds is 13. The van der Waals surface area contributed by atoms with E-state index in [1.165, 1.54) is 63.4 Å². The number of carboxylic acids is 1. The monoisotopic (exact) mass is 639 g/mol. The highest BCUT2D eigenvalue weighted by Gasteiger charge is 2.71. The number of unbranched alkanes of at least 4 members (excludes halogenated alkanes) is 7. The highest BCUT2D eigenvalue weighted by Crippen LogP contribution is 2.77. The van der Waals surface area contributed by atoms with Crippen molar-refractivity contribution in [1.29, 1.82) is 0 Å². The Morgan fingerprint density at radius 3 is 2.07 bits per heavy atom. The van der Waals surface area contributed by atoms with E-state index in [-0.39, 0.29) is 16.2 Å². The van der Waals surface area contributed by atoms with E-state index in [0.29, 0.717) is 52.9 Å². The summed E-state index contributed by atoms with van der Waals surface area (Å²) in [4.78, 5) is 25.0. The number of carbonyl (C=O) groups excluding carboxylic acids is 1. The smallest absolute Gasteiger partial charge is 0.303 e. The molecule has 10 atom stereocenters. The van der Waals surface area contributed by atoms with Crippen molar-refractivity contribution in [2.45, 2.75) is 170 Å². The second-order valence-electron chi connectivity index (χ2n) is 18.5. The number of aliphatic carboxylic acids is 1. The summed E-state index contributed by atoms with van der Waals surface area (Å²) in [6.07, 6.45) is 21.0. The van der Waals surface area contributed by atoms with E-state index >= 15 is 0 Å². The second kappa shape index (κ2) is 13.5. The van der Waals surface area contributed by atoms with Gasteiger partial charge in [-0.05, 0) is 135 Å². The first kappa shape index (κ1) is 35.9.